The van der Waals surface area contributed by atoms with E-state index in [9.17, 15) is 0 Å². The summed E-state index contributed by atoms with van der Waals surface area (Å²) < 4.78 is 0. The van der Waals surface area contributed by atoms with Crippen LogP contribution in [0, 0.1) is 12.8 Å². The average molecular weight is 216 g/mol. The summed E-state index contributed by atoms with van der Waals surface area (Å²) in [5.74, 6) is 2.38. The van der Waals surface area contributed by atoms with Crippen molar-refractivity contribution in [2.24, 2.45) is 5.92 Å². The normalized spacial score (nSPS) is 12.8. The van der Waals surface area contributed by atoms with Crippen molar-refractivity contribution < 1.29 is 0 Å². The number of thioether (sulfide) groups is 1. The van der Waals surface area contributed by atoms with E-state index in [0.29, 0.717) is 5.92 Å². The molecule has 0 saturated heterocycles. The molecule has 0 N–H and O–H groups in total. The Kier molecular flexibility index (Phi) is 4.60. The zero-order valence-corrected chi connectivity index (χ0v) is 9.53. The van der Waals surface area contributed by atoms with Gasteiger partial charge in [-0.3, -0.25) is 4.98 Å². The molecule has 0 aliphatic carbocycles. The Bertz CT molecular complexity index is 265. The second kappa shape index (κ2) is 5.51. The maximum Gasteiger partial charge on any atom is 0.0383 e. The number of pyridine rings is 1. The zero-order chi connectivity index (χ0) is 9.68. The number of aromatic nitrogens is 1. The second-order valence-electron chi connectivity index (χ2n) is 3.20. The lowest BCUT2D eigenvalue weighted by molar-refractivity contribution is 0.759. The highest BCUT2D eigenvalue weighted by Gasteiger charge is 2.01. The number of aryl methyl sites for hydroxylation is 1. The molecule has 13 heavy (non-hydrogen) atoms. The van der Waals surface area contributed by atoms with Crippen LogP contribution in [0.5, 0.6) is 0 Å². The van der Waals surface area contributed by atoms with Crippen LogP contribution in [0.3, 0.4) is 0 Å². The quantitative estimate of drug-likeness (QED) is 0.565. The van der Waals surface area contributed by atoms with Crippen LogP contribution in [-0.4, -0.2) is 16.6 Å². The van der Waals surface area contributed by atoms with E-state index in [0.717, 1.165) is 17.3 Å². The van der Waals surface area contributed by atoms with E-state index in [4.69, 9.17) is 11.6 Å². The first-order valence-electron chi connectivity index (χ1n) is 4.34. The highest BCUT2D eigenvalue weighted by atomic mass is 35.5. The van der Waals surface area contributed by atoms with Crippen LogP contribution in [0.2, 0.25) is 0 Å². The smallest absolute Gasteiger partial charge is 0.0383 e. The summed E-state index contributed by atoms with van der Waals surface area (Å²) in [6.07, 6.45) is 1.85. The molecule has 0 bridgehead atoms. The lowest BCUT2D eigenvalue weighted by Gasteiger charge is -2.06. The Morgan fingerprint density at radius 2 is 2.38 bits per heavy atom. The Morgan fingerprint density at radius 3 is 3.00 bits per heavy atom. The minimum absolute atomic E-state index is 0.570. The maximum absolute atomic E-state index is 5.72. The number of alkyl halides is 1. The molecule has 0 amide bonds. The number of nitrogens with zero attached hydrogens (tertiary/aromatic N) is 1. The fourth-order valence-electron chi connectivity index (χ4n) is 0.892. The van der Waals surface area contributed by atoms with Crippen LogP contribution < -0.4 is 0 Å². The molecule has 1 unspecified atom stereocenters. The van der Waals surface area contributed by atoms with E-state index >= 15 is 0 Å². The molecule has 0 aromatic carbocycles. The summed E-state index contributed by atoms with van der Waals surface area (Å²) in [6.45, 7) is 4.17. The van der Waals surface area contributed by atoms with Crippen LogP contribution in [-0.2, 0) is 0 Å². The average Bonchev–Trinajstić information content (AvgIpc) is 2.14. The molecular weight excluding hydrogens is 202 g/mol. The predicted octanol–water partition coefficient (Wildman–Crippen LogP) is 3.36. The minimum Gasteiger partial charge on any atom is -0.262 e. The van der Waals surface area contributed by atoms with E-state index < -0.39 is 0 Å². The highest BCUT2D eigenvalue weighted by molar-refractivity contribution is 7.99. The van der Waals surface area contributed by atoms with Crippen molar-refractivity contribution in [3.8, 4) is 0 Å². The molecule has 1 aromatic rings. The topological polar surface area (TPSA) is 12.9 Å². The molecule has 0 radical (unpaired) electrons. The first-order valence-corrected chi connectivity index (χ1v) is 5.86. The second-order valence-corrected chi connectivity index (χ2v) is 4.61. The van der Waals surface area contributed by atoms with Crippen molar-refractivity contribution >= 4 is 23.4 Å². The molecule has 0 spiro atoms. The molecule has 1 aromatic heterocycles. The van der Waals surface area contributed by atoms with Crippen molar-refractivity contribution in [2.75, 3.05) is 11.6 Å². The van der Waals surface area contributed by atoms with Gasteiger partial charge in [-0.2, -0.15) is 0 Å². The van der Waals surface area contributed by atoms with Gasteiger partial charge in [-0.15, -0.1) is 23.4 Å². The lowest BCUT2D eigenvalue weighted by atomic mass is 10.3. The van der Waals surface area contributed by atoms with Gasteiger partial charge in [0.15, 0.2) is 0 Å². The Labute approximate surface area is 88.9 Å². The van der Waals surface area contributed by atoms with Crippen molar-refractivity contribution in [1.82, 2.24) is 4.98 Å². The number of hydrogen-bond donors (Lipinski definition) is 0. The first-order chi connectivity index (χ1) is 6.22. The van der Waals surface area contributed by atoms with E-state index in [-0.39, 0.29) is 0 Å². The molecule has 0 fully saturated rings. The van der Waals surface area contributed by atoms with Crippen molar-refractivity contribution in [2.45, 2.75) is 18.7 Å². The van der Waals surface area contributed by atoms with Crippen LogP contribution in [0.25, 0.3) is 0 Å². The summed E-state index contributed by atoms with van der Waals surface area (Å²) in [6, 6.07) is 4.14. The number of hydrogen-bond acceptors (Lipinski definition) is 2. The molecule has 0 saturated carbocycles. The molecular formula is C10H14ClNS. The SMILES string of the molecule is Cc1cc(SCC(C)CCl)ccn1. The van der Waals surface area contributed by atoms with Crippen molar-refractivity contribution in [1.29, 1.82) is 0 Å². The summed E-state index contributed by atoms with van der Waals surface area (Å²) in [5, 5.41) is 0. The fourth-order valence-corrected chi connectivity index (χ4v) is 2.14. The molecule has 3 heteroatoms. The molecule has 72 valence electrons. The van der Waals surface area contributed by atoms with Gasteiger partial charge in [-0.25, -0.2) is 0 Å². The van der Waals surface area contributed by atoms with Gasteiger partial charge in [0.1, 0.15) is 0 Å². The maximum atomic E-state index is 5.72. The van der Waals surface area contributed by atoms with E-state index in [1.54, 1.807) is 0 Å². The third-order valence-corrected chi connectivity index (χ3v) is 3.52. The van der Waals surface area contributed by atoms with E-state index in [1.165, 1.54) is 4.90 Å². The van der Waals surface area contributed by atoms with Gasteiger partial charge in [-0.05, 0) is 25.0 Å². The third-order valence-electron chi connectivity index (χ3n) is 1.67. The van der Waals surface area contributed by atoms with Gasteiger partial charge in [-0.1, -0.05) is 6.92 Å². The largest absolute Gasteiger partial charge is 0.262 e. The third kappa shape index (κ3) is 4.01. The predicted molar refractivity (Wildman–Crippen MR) is 59.6 cm³/mol. The summed E-state index contributed by atoms with van der Waals surface area (Å²) >= 11 is 7.57. The van der Waals surface area contributed by atoms with Gasteiger partial charge < -0.3 is 0 Å². The monoisotopic (exact) mass is 215 g/mol. The van der Waals surface area contributed by atoms with Crippen LogP contribution in [0.15, 0.2) is 23.2 Å². The molecule has 1 atom stereocenters. The van der Waals surface area contributed by atoms with E-state index in [1.807, 2.05) is 30.9 Å². The lowest BCUT2D eigenvalue weighted by Crippen LogP contribution is -1.98. The van der Waals surface area contributed by atoms with Crippen LogP contribution in [0.4, 0.5) is 0 Å². The molecule has 0 aliphatic heterocycles. The Morgan fingerprint density at radius 1 is 1.62 bits per heavy atom. The molecule has 1 heterocycles. The molecule has 1 nitrogen and oxygen atoms in total. The number of halogens is 1. The van der Waals surface area contributed by atoms with E-state index in [2.05, 4.69) is 18.0 Å². The summed E-state index contributed by atoms with van der Waals surface area (Å²) in [7, 11) is 0. The highest BCUT2D eigenvalue weighted by Crippen LogP contribution is 2.20. The van der Waals surface area contributed by atoms with Crippen LogP contribution >= 0.6 is 23.4 Å². The molecule has 1 rings (SSSR count). The van der Waals surface area contributed by atoms with Crippen molar-refractivity contribution in [3.63, 3.8) is 0 Å². The standard InChI is InChI=1S/C10H14ClNS/c1-8(6-11)7-13-10-3-4-12-9(2)5-10/h3-5,8H,6-7H2,1-2H3. The van der Waals surface area contributed by atoms with Crippen LogP contribution in [0.1, 0.15) is 12.6 Å². The van der Waals surface area contributed by atoms with Crippen molar-refractivity contribution in [3.05, 3.63) is 24.0 Å². The fraction of sp³-hybridized carbons (Fsp3) is 0.500. The Balaban J connectivity index is 2.45. The zero-order valence-electron chi connectivity index (χ0n) is 7.96. The van der Waals surface area contributed by atoms with Gasteiger partial charge in [0.25, 0.3) is 0 Å². The van der Waals surface area contributed by atoms with Gasteiger partial charge in [0.2, 0.25) is 0 Å². The summed E-state index contributed by atoms with van der Waals surface area (Å²) in [4.78, 5) is 5.43. The molecule has 0 aliphatic rings. The van der Waals surface area contributed by atoms with Gasteiger partial charge in [0, 0.05) is 28.4 Å². The number of rotatable bonds is 4. The summed E-state index contributed by atoms with van der Waals surface area (Å²) in [5.41, 5.74) is 1.07. The minimum atomic E-state index is 0.570. The van der Waals surface area contributed by atoms with Gasteiger partial charge >= 0.3 is 0 Å². The van der Waals surface area contributed by atoms with Gasteiger partial charge in [0.05, 0.1) is 0 Å². The first kappa shape index (κ1) is 10.9. The Hall–Kier alpha value is -0.210.